The molecular formula is C25H37N3O2. The molecule has 1 aliphatic carbocycles. The molecular weight excluding hydrogens is 374 g/mol. The third-order valence-electron chi connectivity index (χ3n) is 7.33. The molecule has 30 heavy (non-hydrogen) atoms. The van der Waals surface area contributed by atoms with E-state index in [2.05, 4.69) is 17.1 Å². The van der Waals surface area contributed by atoms with Crippen LogP contribution in [0.5, 0.6) is 0 Å². The predicted molar refractivity (Wildman–Crippen MR) is 119 cm³/mol. The number of nitrogens with zero attached hydrogens (tertiary/aromatic N) is 2. The first-order valence-corrected chi connectivity index (χ1v) is 11.9. The zero-order valence-electron chi connectivity index (χ0n) is 18.5. The van der Waals surface area contributed by atoms with Crippen LogP contribution >= 0.6 is 0 Å². The van der Waals surface area contributed by atoms with Crippen LogP contribution in [0.15, 0.2) is 24.3 Å². The van der Waals surface area contributed by atoms with Crippen LogP contribution < -0.4 is 5.32 Å². The molecule has 0 atom stereocenters. The van der Waals surface area contributed by atoms with E-state index in [9.17, 15) is 9.59 Å². The van der Waals surface area contributed by atoms with E-state index in [0.717, 1.165) is 62.5 Å². The van der Waals surface area contributed by atoms with Gasteiger partial charge in [-0.1, -0.05) is 38.3 Å². The number of piperidine rings is 1. The van der Waals surface area contributed by atoms with Crippen LogP contribution in [0, 0.1) is 5.92 Å². The summed E-state index contributed by atoms with van der Waals surface area (Å²) in [4.78, 5) is 29.7. The number of benzene rings is 1. The Hall–Kier alpha value is -1.88. The molecule has 0 aromatic heterocycles. The molecule has 2 saturated heterocycles. The lowest BCUT2D eigenvalue weighted by molar-refractivity contribution is -0.128. The Labute approximate surface area is 181 Å². The van der Waals surface area contributed by atoms with Crippen LogP contribution in [0.25, 0.3) is 0 Å². The standard InChI is InChI=1S/C25H37N3O2/c1-20-10-15-27(16-11-20)19-25(12-3-2-4-13-25)26-24(30)22-8-5-7-21(17-22)18-28-14-6-9-23(28)29/h5,7-8,17,20H,2-4,6,9-16,18-19H2,1H3,(H,26,30). The quantitative estimate of drug-likeness (QED) is 0.771. The minimum absolute atomic E-state index is 0.0388. The molecule has 1 aromatic carbocycles. The van der Waals surface area contributed by atoms with Gasteiger partial charge in [-0.25, -0.2) is 0 Å². The topological polar surface area (TPSA) is 52.7 Å². The number of hydrogen-bond donors (Lipinski definition) is 1. The molecule has 3 fully saturated rings. The zero-order valence-corrected chi connectivity index (χ0v) is 18.5. The first kappa shape index (κ1) is 21.4. The van der Waals surface area contributed by atoms with Crippen LogP contribution in [0.2, 0.25) is 0 Å². The first-order chi connectivity index (χ1) is 14.5. The highest BCUT2D eigenvalue weighted by Gasteiger charge is 2.36. The summed E-state index contributed by atoms with van der Waals surface area (Å²) >= 11 is 0. The third-order valence-corrected chi connectivity index (χ3v) is 7.33. The Morgan fingerprint density at radius 1 is 1.10 bits per heavy atom. The van der Waals surface area contributed by atoms with Gasteiger partial charge < -0.3 is 15.1 Å². The Balaban J connectivity index is 1.43. The van der Waals surface area contributed by atoms with Crippen molar-refractivity contribution in [2.45, 2.75) is 76.8 Å². The number of likely N-dealkylation sites (tertiary alicyclic amines) is 2. The van der Waals surface area contributed by atoms with Gasteiger partial charge >= 0.3 is 0 Å². The highest BCUT2D eigenvalue weighted by Crippen LogP contribution is 2.31. The molecule has 0 spiro atoms. The van der Waals surface area contributed by atoms with E-state index in [-0.39, 0.29) is 17.4 Å². The van der Waals surface area contributed by atoms with Crippen LogP contribution in [-0.2, 0) is 11.3 Å². The van der Waals surface area contributed by atoms with Gasteiger partial charge in [-0.15, -0.1) is 0 Å². The summed E-state index contributed by atoms with van der Waals surface area (Å²) in [6.07, 6.45) is 9.94. The van der Waals surface area contributed by atoms with Crippen LogP contribution in [-0.4, -0.2) is 53.3 Å². The molecule has 1 saturated carbocycles. The molecule has 0 unspecified atom stereocenters. The summed E-state index contributed by atoms with van der Waals surface area (Å²) in [6.45, 7) is 7.06. The summed E-state index contributed by atoms with van der Waals surface area (Å²) in [7, 11) is 0. The lowest BCUT2D eigenvalue weighted by atomic mass is 9.80. The van der Waals surface area contributed by atoms with Crippen LogP contribution in [0.3, 0.4) is 0 Å². The number of nitrogens with one attached hydrogen (secondary N) is 1. The zero-order chi connectivity index (χ0) is 21.0. The molecule has 4 rings (SSSR count). The van der Waals surface area contributed by atoms with Crippen molar-refractivity contribution in [3.8, 4) is 0 Å². The molecule has 2 aliphatic heterocycles. The smallest absolute Gasteiger partial charge is 0.251 e. The monoisotopic (exact) mass is 411 g/mol. The van der Waals surface area contributed by atoms with Crippen molar-refractivity contribution in [2.75, 3.05) is 26.2 Å². The minimum Gasteiger partial charge on any atom is -0.345 e. The molecule has 0 bridgehead atoms. The predicted octanol–water partition coefficient (Wildman–Crippen LogP) is 3.97. The Morgan fingerprint density at radius 2 is 1.87 bits per heavy atom. The van der Waals surface area contributed by atoms with Crippen molar-refractivity contribution in [1.82, 2.24) is 15.1 Å². The number of hydrogen-bond acceptors (Lipinski definition) is 3. The van der Waals surface area contributed by atoms with Crippen molar-refractivity contribution in [3.63, 3.8) is 0 Å². The fourth-order valence-corrected chi connectivity index (χ4v) is 5.41. The SMILES string of the molecule is CC1CCN(CC2(NC(=O)c3cccc(CN4CCCC4=O)c3)CCCCC2)CC1. The van der Waals surface area contributed by atoms with E-state index in [1.807, 2.05) is 29.2 Å². The van der Waals surface area contributed by atoms with E-state index >= 15 is 0 Å². The lowest BCUT2D eigenvalue weighted by Gasteiger charge is -2.43. The van der Waals surface area contributed by atoms with Gasteiger partial charge in [0.2, 0.25) is 5.91 Å². The van der Waals surface area contributed by atoms with E-state index in [4.69, 9.17) is 0 Å². The average molecular weight is 412 g/mol. The molecule has 5 nitrogen and oxygen atoms in total. The summed E-state index contributed by atoms with van der Waals surface area (Å²) in [6, 6.07) is 7.85. The first-order valence-electron chi connectivity index (χ1n) is 11.9. The Kier molecular flexibility index (Phi) is 6.77. The van der Waals surface area contributed by atoms with Crippen molar-refractivity contribution < 1.29 is 9.59 Å². The largest absolute Gasteiger partial charge is 0.345 e. The molecule has 2 heterocycles. The molecule has 5 heteroatoms. The highest BCUT2D eigenvalue weighted by molar-refractivity contribution is 5.95. The number of carbonyl (C=O) groups excluding carboxylic acids is 2. The maximum Gasteiger partial charge on any atom is 0.251 e. The van der Waals surface area contributed by atoms with Gasteiger partial charge in [0.05, 0.1) is 5.54 Å². The maximum atomic E-state index is 13.3. The normalized spacial score (nSPS) is 23.0. The van der Waals surface area contributed by atoms with Gasteiger partial charge in [0.1, 0.15) is 0 Å². The molecule has 1 aromatic rings. The highest BCUT2D eigenvalue weighted by atomic mass is 16.2. The number of amides is 2. The second-order valence-electron chi connectivity index (χ2n) is 9.87. The van der Waals surface area contributed by atoms with Gasteiger partial charge in [-0.3, -0.25) is 9.59 Å². The van der Waals surface area contributed by atoms with E-state index in [1.165, 1.54) is 32.1 Å². The molecule has 164 valence electrons. The van der Waals surface area contributed by atoms with Crippen molar-refractivity contribution in [2.24, 2.45) is 5.92 Å². The van der Waals surface area contributed by atoms with Gasteiger partial charge in [-0.05, 0) is 68.8 Å². The average Bonchev–Trinajstić information content (AvgIpc) is 3.15. The van der Waals surface area contributed by atoms with Crippen LogP contribution in [0.1, 0.15) is 80.6 Å². The van der Waals surface area contributed by atoms with E-state index in [1.54, 1.807) is 0 Å². The Bertz CT molecular complexity index is 749. The second-order valence-corrected chi connectivity index (χ2v) is 9.87. The van der Waals surface area contributed by atoms with Gasteiger partial charge in [-0.2, -0.15) is 0 Å². The van der Waals surface area contributed by atoms with Crippen molar-refractivity contribution in [1.29, 1.82) is 0 Å². The van der Waals surface area contributed by atoms with Gasteiger partial charge in [0.15, 0.2) is 0 Å². The lowest BCUT2D eigenvalue weighted by Crippen LogP contribution is -2.57. The molecule has 3 aliphatic rings. The van der Waals surface area contributed by atoms with Gasteiger partial charge in [0.25, 0.3) is 5.91 Å². The fraction of sp³-hybridized carbons (Fsp3) is 0.680. The van der Waals surface area contributed by atoms with Crippen molar-refractivity contribution >= 4 is 11.8 Å². The number of carbonyl (C=O) groups is 2. The second kappa shape index (κ2) is 9.51. The minimum atomic E-state index is -0.100. The fourth-order valence-electron chi connectivity index (χ4n) is 5.41. The molecule has 0 radical (unpaired) electrons. The summed E-state index contributed by atoms with van der Waals surface area (Å²) in [5, 5.41) is 3.48. The summed E-state index contributed by atoms with van der Waals surface area (Å²) < 4.78 is 0. The number of rotatable bonds is 6. The van der Waals surface area contributed by atoms with Gasteiger partial charge in [0, 0.05) is 31.6 Å². The molecule has 1 N–H and O–H groups in total. The molecule has 2 amide bonds. The third kappa shape index (κ3) is 5.23. The summed E-state index contributed by atoms with van der Waals surface area (Å²) in [5.74, 6) is 1.09. The van der Waals surface area contributed by atoms with Crippen molar-refractivity contribution in [3.05, 3.63) is 35.4 Å². The van der Waals surface area contributed by atoms with E-state index in [0.29, 0.717) is 13.0 Å². The Morgan fingerprint density at radius 3 is 2.57 bits per heavy atom. The maximum absolute atomic E-state index is 13.3. The van der Waals surface area contributed by atoms with Crippen LogP contribution in [0.4, 0.5) is 0 Å². The summed E-state index contributed by atoms with van der Waals surface area (Å²) in [5.41, 5.74) is 1.66. The van der Waals surface area contributed by atoms with E-state index < -0.39 is 0 Å².